The van der Waals surface area contributed by atoms with Crippen molar-refractivity contribution in [3.63, 3.8) is 0 Å². The maximum Gasteiger partial charge on any atom is 0.226 e. The molecule has 90 valence electrons. The zero-order chi connectivity index (χ0) is 13.0. The first kappa shape index (κ1) is 12.5. The summed E-state index contributed by atoms with van der Waals surface area (Å²) in [6.45, 7) is 0.689. The van der Waals surface area contributed by atoms with E-state index >= 15 is 0 Å². The molecule has 0 unspecified atom stereocenters. The molecule has 4 nitrogen and oxygen atoms in total. The Morgan fingerprint density at radius 3 is 2.94 bits per heavy atom. The van der Waals surface area contributed by atoms with Crippen molar-refractivity contribution in [1.29, 1.82) is 5.26 Å². The fourth-order valence-corrected chi connectivity index (χ4v) is 2.02. The Hall–Kier alpha value is -1.93. The number of hydrogen-bond donors (Lipinski definition) is 0. The molecule has 1 heterocycles. The summed E-state index contributed by atoms with van der Waals surface area (Å²) in [5, 5.41) is 8.80. The first-order chi connectivity index (χ1) is 8.69. The highest BCUT2D eigenvalue weighted by Gasteiger charge is 2.06. The molecule has 0 radical (unpaired) electrons. The van der Waals surface area contributed by atoms with Crippen molar-refractivity contribution in [3.05, 3.63) is 52.3 Å². The second-order valence-electron chi connectivity index (χ2n) is 3.84. The van der Waals surface area contributed by atoms with E-state index in [0.29, 0.717) is 18.2 Å². The van der Waals surface area contributed by atoms with Gasteiger partial charge in [-0.05, 0) is 23.8 Å². The summed E-state index contributed by atoms with van der Waals surface area (Å²) in [4.78, 5) is 10.2. The van der Waals surface area contributed by atoms with Gasteiger partial charge in [-0.2, -0.15) is 5.26 Å². The summed E-state index contributed by atoms with van der Waals surface area (Å²) in [7, 11) is 1.90. The molecule has 1 aromatic heterocycles. The molecule has 0 saturated carbocycles. The van der Waals surface area contributed by atoms with Gasteiger partial charge in [-0.3, -0.25) is 0 Å². The van der Waals surface area contributed by atoms with Gasteiger partial charge in [-0.1, -0.05) is 28.1 Å². The van der Waals surface area contributed by atoms with Gasteiger partial charge in [0.05, 0.1) is 0 Å². The summed E-state index contributed by atoms with van der Waals surface area (Å²) in [6.07, 6.45) is 1.60. The minimum absolute atomic E-state index is 0.376. The van der Waals surface area contributed by atoms with Crippen molar-refractivity contribution in [2.45, 2.75) is 6.54 Å². The molecule has 0 saturated heterocycles. The lowest BCUT2D eigenvalue weighted by molar-refractivity contribution is 0.863. The van der Waals surface area contributed by atoms with Gasteiger partial charge in [0.1, 0.15) is 11.8 Å². The lowest BCUT2D eigenvalue weighted by Crippen LogP contribution is -2.19. The Kier molecular flexibility index (Phi) is 3.90. The van der Waals surface area contributed by atoms with Gasteiger partial charge >= 0.3 is 0 Å². The molecule has 2 aromatic rings. The lowest BCUT2D eigenvalue weighted by Gasteiger charge is -2.16. The minimum atomic E-state index is 0.376. The quantitative estimate of drug-likeness (QED) is 0.875. The summed E-state index contributed by atoms with van der Waals surface area (Å²) in [5.74, 6) is 0.550. The van der Waals surface area contributed by atoms with Crippen LogP contribution in [0, 0.1) is 11.3 Å². The summed E-state index contributed by atoms with van der Waals surface area (Å²) in [5.41, 5.74) is 1.53. The van der Waals surface area contributed by atoms with Crippen LogP contribution in [0.1, 0.15) is 11.3 Å². The SMILES string of the molecule is CN(Cc1cccc(Br)c1)c1nccc(C#N)n1. The molecule has 0 aliphatic heterocycles. The van der Waals surface area contributed by atoms with Crippen molar-refractivity contribution in [2.75, 3.05) is 11.9 Å². The molecule has 0 bridgehead atoms. The van der Waals surface area contributed by atoms with Gasteiger partial charge in [-0.25, -0.2) is 9.97 Å². The Bertz CT molecular complexity index is 592. The fraction of sp³-hybridized carbons (Fsp3) is 0.154. The van der Waals surface area contributed by atoms with Crippen molar-refractivity contribution >= 4 is 21.9 Å². The van der Waals surface area contributed by atoms with E-state index in [1.807, 2.05) is 42.3 Å². The normalized spacial score (nSPS) is 9.83. The monoisotopic (exact) mass is 302 g/mol. The Labute approximate surface area is 114 Å². The topological polar surface area (TPSA) is 52.8 Å². The van der Waals surface area contributed by atoms with Crippen molar-refractivity contribution < 1.29 is 0 Å². The predicted octanol–water partition coefficient (Wildman–Crippen LogP) is 2.75. The first-order valence-corrected chi connectivity index (χ1v) is 6.17. The highest BCUT2D eigenvalue weighted by Crippen LogP contribution is 2.15. The molecular formula is C13H11BrN4. The number of anilines is 1. The fourth-order valence-electron chi connectivity index (χ4n) is 1.57. The number of halogens is 1. The Balaban J connectivity index is 2.17. The van der Waals surface area contributed by atoms with E-state index in [9.17, 15) is 0 Å². The molecule has 0 aliphatic carbocycles. The van der Waals surface area contributed by atoms with Crippen LogP contribution in [0.5, 0.6) is 0 Å². The first-order valence-electron chi connectivity index (χ1n) is 5.38. The number of rotatable bonds is 3. The third-order valence-electron chi connectivity index (χ3n) is 2.41. The second-order valence-corrected chi connectivity index (χ2v) is 4.76. The molecule has 1 aromatic carbocycles. The third-order valence-corrected chi connectivity index (χ3v) is 2.90. The zero-order valence-corrected chi connectivity index (χ0v) is 11.4. The van der Waals surface area contributed by atoms with E-state index in [2.05, 4.69) is 25.9 Å². The summed E-state index contributed by atoms with van der Waals surface area (Å²) >= 11 is 3.44. The molecule has 0 spiro atoms. The molecule has 18 heavy (non-hydrogen) atoms. The molecule has 0 atom stereocenters. The van der Waals surface area contributed by atoms with E-state index in [4.69, 9.17) is 5.26 Å². The van der Waals surface area contributed by atoms with Crippen LogP contribution in [-0.2, 0) is 6.54 Å². The summed E-state index contributed by atoms with van der Waals surface area (Å²) in [6, 6.07) is 11.7. The van der Waals surface area contributed by atoms with Gasteiger partial charge < -0.3 is 4.90 Å². The molecule has 0 N–H and O–H groups in total. The highest BCUT2D eigenvalue weighted by molar-refractivity contribution is 9.10. The van der Waals surface area contributed by atoms with Crippen LogP contribution in [-0.4, -0.2) is 17.0 Å². The number of nitriles is 1. The van der Waals surface area contributed by atoms with Crippen LogP contribution in [0.4, 0.5) is 5.95 Å². The Morgan fingerprint density at radius 2 is 2.22 bits per heavy atom. The van der Waals surface area contributed by atoms with E-state index in [1.165, 1.54) is 0 Å². The van der Waals surface area contributed by atoms with Crippen molar-refractivity contribution in [2.24, 2.45) is 0 Å². The molecular weight excluding hydrogens is 292 g/mol. The second kappa shape index (κ2) is 5.61. The maximum atomic E-state index is 8.80. The smallest absolute Gasteiger partial charge is 0.226 e. The van der Waals surface area contributed by atoms with E-state index in [-0.39, 0.29) is 0 Å². The van der Waals surface area contributed by atoms with E-state index < -0.39 is 0 Å². The standard InChI is InChI=1S/C13H11BrN4/c1-18(9-10-3-2-4-11(14)7-10)13-16-6-5-12(8-15)17-13/h2-7H,9H2,1H3. The van der Waals surface area contributed by atoms with E-state index in [0.717, 1.165) is 10.0 Å². The number of hydrogen-bond acceptors (Lipinski definition) is 4. The van der Waals surface area contributed by atoms with Crippen LogP contribution in [0.3, 0.4) is 0 Å². The average Bonchev–Trinajstić information content (AvgIpc) is 2.39. The van der Waals surface area contributed by atoms with Crippen LogP contribution in [0.2, 0.25) is 0 Å². The maximum absolute atomic E-state index is 8.80. The molecule has 2 rings (SSSR count). The van der Waals surface area contributed by atoms with E-state index in [1.54, 1.807) is 12.3 Å². The van der Waals surface area contributed by atoms with Gasteiger partial charge in [0.15, 0.2) is 0 Å². The predicted molar refractivity (Wildman–Crippen MR) is 73.0 cm³/mol. The zero-order valence-electron chi connectivity index (χ0n) is 9.84. The number of nitrogens with zero attached hydrogens (tertiary/aromatic N) is 4. The lowest BCUT2D eigenvalue weighted by atomic mass is 10.2. The van der Waals surface area contributed by atoms with Crippen LogP contribution < -0.4 is 4.90 Å². The highest BCUT2D eigenvalue weighted by atomic mass is 79.9. The largest absolute Gasteiger partial charge is 0.340 e. The Morgan fingerprint density at radius 1 is 1.39 bits per heavy atom. The van der Waals surface area contributed by atoms with Crippen molar-refractivity contribution in [3.8, 4) is 6.07 Å². The van der Waals surface area contributed by atoms with Gasteiger partial charge in [-0.15, -0.1) is 0 Å². The summed E-state index contributed by atoms with van der Waals surface area (Å²) < 4.78 is 1.04. The average molecular weight is 303 g/mol. The molecule has 5 heteroatoms. The third kappa shape index (κ3) is 3.05. The molecule has 0 fully saturated rings. The van der Waals surface area contributed by atoms with Crippen LogP contribution in [0.25, 0.3) is 0 Å². The van der Waals surface area contributed by atoms with Gasteiger partial charge in [0.25, 0.3) is 0 Å². The number of aromatic nitrogens is 2. The molecule has 0 aliphatic rings. The van der Waals surface area contributed by atoms with Gasteiger partial charge in [0, 0.05) is 24.3 Å². The van der Waals surface area contributed by atoms with Crippen molar-refractivity contribution in [1.82, 2.24) is 9.97 Å². The molecule has 0 amide bonds. The number of benzene rings is 1. The van der Waals surface area contributed by atoms with Gasteiger partial charge in [0.2, 0.25) is 5.95 Å². The van der Waals surface area contributed by atoms with Crippen LogP contribution >= 0.6 is 15.9 Å². The minimum Gasteiger partial charge on any atom is -0.340 e. The van der Waals surface area contributed by atoms with Crippen LogP contribution in [0.15, 0.2) is 41.0 Å².